The van der Waals surface area contributed by atoms with Gasteiger partial charge in [-0.1, -0.05) is 6.92 Å². The lowest BCUT2D eigenvalue weighted by atomic mass is 9.95. The molecule has 0 radical (unpaired) electrons. The lowest BCUT2D eigenvalue weighted by Gasteiger charge is -2.25. The van der Waals surface area contributed by atoms with Crippen molar-refractivity contribution in [2.45, 2.75) is 58.6 Å². The van der Waals surface area contributed by atoms with Crippen LogP contribution in [0.1, 0.15) is 47.0 Å². The van der Waals surface area contributed by atoms with E-state index in [2.05, 4.69) is 5.32 Å². The van der Waals surface area contributed by atoms with Crippen molar-refractivity contribution in [1.82, 2.24) is 5.32 Å². The zero-order chi connectivity index (χ0) is 14.7. The number of ether oxygens (including phenoxy) is 2. The SMILES string of the molecule is CCNC(C)(CCCCOCCOC(C)C)C(=O)O. The second-order valence-electron chi connectivity index (χ2n) is 5.16. The van der Waals surface area contributed by atoms with E-state index in [1.165, 1.54) is 0 Å². The Hall–Kier alpha value is -0.650. The Morgan fingerprint density at radius 3 is 2.47 bits per heavy atom. The van der Waals surface area contributed by atoms with Crippen LogP contribution in [0, 0.1) is 0 Å². The molecular formula is C14H29NO4. The molecule has 0 heterocycles. The first-order chi connectivity index (χ1) is 8.92. The third-order valence-electron chi connectivity index (χ3n) is 2.93. The van der Waals surface area contributed by atoms with Gasteiger partial charge < -0.3 is 19.9 Å². The molecule has 0 aliphatic carbocycles. The Kier molecular flexibility index (Phi) is 9.83. The molecule has 0 aliphatic rings. The number of nitrogens with one attached hydrogen (secondary N) is 1. The number of unbranched alkanes of at least 4 members (excludes halogenated alkanes) is 1. The molecule has 5 nitrogen and oxygen atoms in total. The van der Waals surface area contributed by atoms with Gasteiger partial charge in [-0.15, -0.1) is 0 Å². The summed E-state index contributed by atoms with van der Waals surface area (Å²) >= 11 is 0. The van der Waals surface area contributed by atoms with Crippen LogP contribution in [0.3, 0.4) is 0 Å². The van der Waals surface area contributed by atoms with Gasteiger partial charge in [-0.25, -0.2) is 0 Å². The number of likely N-dealkylation sites (N-methyl/N-ethyl adjacent to an activating group) is 1. The van der Waals surface area contributed by atoms with Crippen molar-refractivity contribution < 1.29 is 19.4 Å². The molecule has 114 valence electrons. The summed E-state index contributed by atoms with van der Waals surface area (Å²) in [4.78, 5) is 11.2. The van der Waals surface area contributed by atoms with E-state index in [-0.39, 0.29) is 6.10 Å². The zero-order valence-corrected chi connectivity index (χ0v) is 12.7. The second-order valence-corrected chi connectivity index (χ2v) is 5.16. The first kappa shape index (κ1) is 18.4. The molecule has 2 N–H and O–H groups in total. The summed E-state index contributed by atoms with van der Waals surface area (Å²) < 4.78 is 10.8. The molecule has 0 fully saturated rings. The summed E-state index contributed by atoms with van der Waals surface area (Å²) in [6, 6.07) is 0. The lowest BCUT2D eigenvalue weighted by Crippen LogP contribution is -2.49. The van der Waals surface area contributed by atoms with E-state index in [4.69, 9.17) is 9.47 Å². The van der Waals surface area contributed by atoms with Crippen LogP contribution < -0.4 is 5.32 Å². The number of hydrogen-bond donors (Lipinski definition) is 2. The van der Waals surface area contributed by atoms with Gasteiger partial charge in [-0.05, 0) is 46.6 Å². The van der Waals surface area contributed by atoms with E-state index < -0.39 is 11.5 Å². The van der Waals surface area contributed by atoms with Crippen LogP contribution in [0.4, 0.5) is 0 Å². The largest absolute Gasteiger partial charge is 0.480 e. The number of carboxylic acid groups (broad SMARTS) is 1. The van der Waals surface area contributed by atoms with Crippen LogP contribution in [0.25, 0.3) is 0 Å². The summed E-state index contributed by atoms with van der Waals surface area (Å²) in [7, 11) is 0. The van der Waals surface area contributed by atoms with Crippen LogP contribution in [0.15, 0.2) is 0 Å². The summed E-state index contributed by atoms with van der Waals surface area (Å²) in [6.07, 6.45) is 2.55. The van der Waals surface area contributed by atoms with Gasteiger partial charge in [0.05, 0.1) is 19.3 Å². The first-order valence-corrected chi connectivity index (χ1v) is 7.10. The standard InChI is InChI=1S/C14H29NO4/c1-5-15-14(4,13(16)17)8-6-7-9-18-10-11-19-12(2)3/h12,15H,5-11H2,1-4H3,(H,16,17). The maximum Gasteiger partial charge on any atom is 0.323 e. The fourth-order valence-corrected chi connectivity index (χ4v) is 1.79. The molecule has 0 saturated heterocycles. The highest BCUT2D eigenvalue weighted by atomic mass is 16.5. The van der Waals surface area contributed by atoms with Crippen LogP contribution in [0.2, 0.25) is 0 Å². The van der Waals surface area contributed by atoms with Gasteiger partial charge in [-0.3, -0.25) is 4.79 Å². The van der Waals surface area contributed by atoms with Gasteiger partial charge in [0.15, 0.2) is 0 Å². The summed E-state index contributed by atoms with van der Waals surface area (Å²) in [5.41, 5.74) is -0.824. The van der Waals surface area contributed by atoms with Crippen molar-refractivity contribution in [3.8, 4) is 0 Å². The van der Waals surface area contributed by atoms with Crippen LogP contribution in [-0.2, 0) is 14.3 Å². The Morgan fingerprint density at radius 2 is 1.95 bits per heavy atom. The predicted octanol–water partition coefficient (Wildman–Crippen LogP) is 2.05. The molecule has 0 aromatic carbocycles. The summed E-state index contributed by atoms with van der Waals surface area (Å²) in [5.74, 6) is -0.791. The third-order valence-corrected chi connectivity index (χ3v) is 2.93. The topological polar surface area (TPSA) is 67.8 Å². The molecule has 0 rings (SSSR count). The van der Waals surface area contributed by atoms with Crippen LogP contribution in [0.5, 0.6) is 0 Å². The summed E-state index contributed by atoms with van der Waals surface area (Å²) in [5, 5.41) is 12.2. The highest BCUT2D eigenvalue weighted by Gasteiger charge is 2.30. The van der Waals surface area contributed by atoms with E-state index >= 15 is 0 Å². The Morgan fingerprint density at radius 1 is 1.26 bits per heavy atom. The lowest BCUT2D eigenvalue weighted by molar-refractivity contribution is -0.144. The third kappa shape index (κ3) is 8.97. The minimum absolute atomic E-state index is 0.236. The van der Waals surface area contributed by atoms with Crippen LogP contribution in [-0.4, -0.2) is 49.1 Å². The highest BCUT2D eigenvalue weighted by Crippen LogP contribution is 2.14. The van der Waals surface area contributed by atoms with Crippen molar-refractivity contribution in [3.05, 3.63) is 0 Å². The molecule has 0 aliphatic heterocycles. The number of aliphatic carboxylic acids is 1. The molecule has 0 bridgehead atoms. The minimum atomic E-state index is -0.824. The Labute approximate surface area is 116 Å². The molecule has 19 heavy (non-hydrogen) atoms. The fraction of sp³-hybridized carbons (Fsp3) is 0.929. The van der Waals surface area contributed by atoms with Gasteiger partial charge in [0.25, 0.3) is 0 Å². The van der Waals surface area contributed by atoms with Crippen molar-refractivity contribution in [3.63, 3.8) is 0 Å². The quantitative estimate of drug-likeness (QED) is 0.534. The molecule has 1 unspecified atom stereocenters. The predicted molar refractivity (Wildman–Crippen MR) is 75.5 cm³/mol. The average Bonchev–Trinajstić information content (AvgIpc) is 2.32. The monoisotopic (exact) mass is 275 g/mol. The zero-order valence-electron chi connectivity index (χ0n) is 12.7. The van der Waals surface area contributed by atoms with E-state index in [1.807, 2.05) is 20.8 Å². The van der Waals surface area contributed by atoms with Gasteiger partial charge in [0, 0.05) is 6.61 Å². The molecule has 0 saturated carbocycles. The molecule has 0 aromatic heterocycles. The maximum absolute atomic E-state index is 11.2. The van der Waals surface area contributed by atoms with Gasteiger partial charge in [0.2, 0.25) is 0 Å². The smallest absolute Gasteiger partial charge is 0.323 e. The Balaban J connectivity index is 3.59. The fourth-order valence-electron chi connectivity index (χ4n) is 1.79. The average molecular weight is 275 g/mol. The number of rotatable bonds is 12. The van der Waals surface area contributed by atoms with Gasteiger partial charge >= 0.3 is 5.97 Å². The van der Waals surface area contributed by atoms with Crippen molar-refractivity contribution >= 4 is 5.97 Å². The highest BCUT2D eigenvalue weighted by molar-refractivity contribution is 5.78. The maximum atomic E-state index is 11.2. The van der Waals surface area contributed by atoms with Crippen molar-refractivity contribution in [2.24, 2.45) is 0 Å². The van der Waals surface area contributed by atoms with Crippen molar-refractivity contribution in [2.75, 3.05) is 26.4 Å². The normalized spacial score (nSPS) is 14.6. The van der Waals surface area contributed by atoms with Gasteiger partial charge in [0.1, 0.15) is 5.54 Å². The van der Waals surface area contributed by atoms with E-state index in [0.29, 0.717) is 32.8 Å². The van der Waals surface area contributed by atoms with E-state index in [9.17, 15) is 9.90 Å². The number of carbonyl (C=O) groups is 1. The van der Waals surface area contributed by atoms with Crippen molar-refractivity contribution in [1.29, 1.82) is 0 Å². The first-order valence-electron chi connectivity index (χ1n) is 7.10. The van der Waals surface area contributed by atoms with E-state index in [1.54, 1.807) is 6.92 Å². The minimum Gasteiger partial charge on any atom is -0.480 e. The molecular weight excluding hydrogens is 246 g/mol. The number of hydrogen-bond acceptors (Lipinski definition) is 4. The van der Waals surface area contributed by atoms with E-state index in [0.717, 1.165) is 12.8 Å². The second kappa shape index (κ2) is 10.2. The molecule has 0 amide bonds. The van der Waals surface area contributed by atoms with Gasteiger partial charge in [-0.2, -0.15) is 0 Å². The molecule has 0 aromatic rings. The Bertz CT molecular complexity index is 246. The van der Waals surface area contributed by atoms with Crippen LogP contribution >= 0.6 is 0 Å². The molecule has 5 heteroatoms. The molecule has 1 atom stereocenters. The number of carboxylic acids is 1. The summed E-state index contributed by atoms with van der Waals surface area (Å²) in [6.45, 7) is 10.2. The molecule has 0 spiro atoms.